The summed E-state index contributed by atoms with van der Waals surface area (Å²) < 4.78 is 13.9. The highest BCUT2D eigenvalue weighted by Crippen LogP contribution is 2.57. The Kier molecular flexibility index (Phi) is 5.19. The average molecular weight is 531 g/mol. The summed E-state index contributed by atoms with van der Waals surface area (Å²) in [7, 11) is 0. The van der Waals surface area contributed by atoms with E-state index in [1.165, 1.54) is 30.5 Å². The minimum absolute atomic E-state index is 0.119. The molecule has 0 aliphatic heterocycles. The minimum atomic E-state index is -2.84. The van der Waals surface area contributed by atoms with Crippen molar-refractivity contribution in [2.75, 3.05) is 0 Å². The van der Waals surface area contributed by atoms with Gasteiger partial charge >= 0.3 is 0 Å². The molecule has 1 amide bonds. The number of pyridine rings is 1. The molecule has 1 fully saturated rings. The molecule has 1 aromatic heterocycles. The molecule has 5 atom stereocenters. The van der Waals surface area contributed by atoms with Crippen molar-refractivity contribution >= 4 is 34.1 Å². The zero-order valence-electron chi connectivity index (χ0n) is 20.1. The number of carbonyl (C=O) groups is 3. The molecule has 2 aromatic carbocycles. The molecule has 198 valence electrons. The summed E-state index contributed by atoms with van der Waals surface area (Å²) >= 11 is 0. The number of aliphatic hydroxyl groups excluding tert-OH is 2. The van der Waals surface area contributed by atoms with E-state index in [1.807, 2.05) is 0 Å². The molecule has 0 spiro atoms. The second kappa shape index (κ2) is 8.19. The standard InChI is InChI=1S/C28H22FN3O7/c29-12-5-3-10(4-6-12)16-13-8-11-2-1-7-32-21(11)24(35)17(13)22(33)18-14(16)9-15-20(30)23(34)19(27(31)38)26(37)28(15,39)25(18)36/h1-8,14-16,20,33,35,37,39H,9,30H2,(H2,31,38)/t14-,15+,16+,20+,28+/m1/s1. The summed E-state index contributed by atoms with van der Waals surface area (Å²) in [6.07, 6.45) is 1.24. The third kappa shape index (κ3) is 3.14. The first-order valence-corrected chi connectivity index (χ1v) is 12.1. The number of fused-ring (bicyclic) bond motifs is 4. The van der Waals surface area contributed by atoms with Crippen LogP contribution in [0.1, 0.15) is 29.0 Å². The Hall–Kier alpha value is -4.61. The second-order valence-corrected chi connectivity index (χ2v) is 10.1. The van der Waals surface area contributed by atoms with E-state index in [0.29, 0.717) is 16.5 Å². The Labute approximate surface area is 219 Å². The number of hydrogen-bond acceptors (Lipinski definition) is 9. The van der Waals surface area contributed by atoms with Gasteiger partial charge in [-0.05, 0) is 41.8 Å². The Balaban J connectivity index is 1.68. The molecule has 1 heterocycles. The van der Waals surface area contributed by atoms with Crippen molar-refractivity contribution in [1.82, 2.24) is 4.98 Å². The maximum absolute atomic E-state index is 14.0. The van der Waals surface area contributed by atoms with Gasteiger partial charge in [0.15, 0.2) is 17.1 Å². The van der Waals surface area contributed by atoms with Crippen molar-refractivity contribution < 1.29 is 39.2 Å². The molecule has 1 saturated carbocycles. The van der Waals surface area contributed by atoms with Crippen molar-refractivity contribution in [3.05, 3.63) is 88.1 Å². The summed E-state index contributed by atoms with van der Waals surface area (Å²) in [4.78, 5) is 43.0. The van der Waals surface area contributed by atoms with Crippen LogP contribution in [0.25, 0.3) is 16.7 Å². The maximum Gasteiger partial charge on any atom is 0.255 e. The predicted molar refractivity (Wildman–Crippen MR) is 135 cm³/mol. The van der Waals surface area contributed by atoms with Crippen LogP contribution in [0, 0.1) is 17.7 Å². The van der Waals surface area contributed by atoms with Crippen LogP contribution >= 0.6 is 0 Å². The summed E-state index contributed by atoms with van der Waals surface area (Å²) in [6.45, 7) is 0. The Morgan fingerprint density at radius 3 is 2.46 bits per heavy atom. The molecule has 6 rings (SSSR count). The largest absolute Gasteiger partial charge is 0.508 e. The number of nitrogens with two attached hydrogens (primary N) is 2. The van der Waals surface area contributed by atoms with E-state index >= 15 is 0 Å². The van der Waals surface area contributed by atoms with E-state index in [0.717, 1.165) is 0 Å². The fourth-order valence-corrected chi connectivity index (χ4v) is 6.43. The van der Waals surface area contributed by atoms with Gasteiger partial charge in [-0.15, -0.1) is 0 Å². The number of benzene rings is 2. The van der Waals surface area contributed by atoms with Crippen LogP contribution in [0.5, 0.6) is 5.75 Å². The topological polar surface area (TPSA) is 197 Å². The molecule has 0 saturated heterocycles. The van der Waals surface area contributed by atoms with Gasteiger partial charge in [0.1, 0.15) is 28.4 Å². The fourth-order valence-electron chi connectivity index (χ4n) is 6.43. The number of aliphatic hydroxyl groups is 3. The predicted octanol–water partition coefficient (Wildman–Crippen LogP) is 1.64. The first-order valence-electron chi connectivity index (χ1n) is 12.1. The molecule has 0 unspecified atom stereocenters. The van der Waals surface area contributed by atoms with E-state index in [1.54, 1.807) is 18.2 Å². The van der Waals surface area contributed by atoms with E-state index < -0.39 is 75.5 Å². The fraction of sp³-hybridized carbons (Fsp3) is 0.214. The van der Waals surface area contributed by atoms with Crippen LogP contribution in [0.15, 0.2) is 65.6 Å². The zero-order chi connectivity index (χ0) is 28.0. The lowest BCUT2D eigenvalue weighted by molar-refractivity contribution is -0.149. The van der Waals surface area contributed by atoms with Gasteiger partial charge in [0.2, 0.25) is 5.78 Å². The highest BCUT2D eigenvalue weighted by atomic mass is 19.1. The van der Waals surface area contributed by atoms with Gasteiger partial charge in [-0.2, -0.15) is 0 Å². The van der Waals surface area contributed by atoms with Crippen LogP contribution < -0.4 is 11.5 Å². The molecule has 10 nitrogen and oxygen atoms in total. The number of hydrogen-bond donors (Lipinski definition) is 6. The quantitative estimate of drug-likeness (QED) is 0.266. The smallest absolute Gasteiger partial charge is 0.255 e. The maximum atomic E-state index is 14.0. The molecule has 0 radical (unpaired) electrons. The monoisotopic (exact) mass is 531 g/mol. The molecule has 39 heavy (non-hydrogen) atoms. The first-order chi connectivity index (χ1) is 18.5. The number of aromatic hydroxyl groups is 1. The van der Waals surface area contributed by atoms with E-state index in [4.69, 9.17) is 11.5 Å². The van der Waals surface area contributed by atoms with Gasteiger partial charge in [-0.25, -0.2) is 4.39 Å². The number of phenols is 1. The van der Waals surface area contributed by atoms with Gasteiger partial charge in [0, 0.05) is 34.9 Å². The number of phenolic OH excluding ortho intramolecular Hbond substituents is 1. The molecule has 0 bridgehead atoms. The second-order valence-electron chi connectivity index (χ2n) is 10.1. The van der Waals surface area contributed by atoms with Crippen LogP contribution in [-0.2, 0) is 14.4 Å². The number of rotatable bonds is 2. The molecular formula is C28H22FN3O7. The van der Waals surface area contributed by atoms with E-state index in [-0.39, 0.29) is 23.1 Å². The summed E-state index contributed by atoms with van der Waals surface area (Å²) in [5.41, 5.74) is 8.15. The number of amides is 1. The molecule has 11 heteroatoms. The lowest BCUT2D eigenvalue weighted by atomic mass is 9.55. The van der Waals surface area contributed by atoms with Crippen LogP contribution in [-0.4, -0.2) is 54.5 Å². The number of aromatic nitrogens is 1. The number of primary amides is 1. The third-order valence-electron chi connectivity index (χ3n) is 8.19. The minimum Gasteiger partial charge on any atom is -0.508 e. The van der Waals surface area contributed by atoms with E-state index in [9.17, 15) is 39.2 Å². The number of nitrogens with zero attached hydrogens (tertiary/aromatic N) is 1. The van der Waals surface area contributed by atoms with Crippen molar-refractivity contribution in [3.63, 3.8) is 0 Å². The average Bonchev–Trinajstić information content (AvgIpc) is 2.90. The van der Waals surface area contributed by atoms with Gasteiger partial charge in [-0.1, -0.05) is 18.2 Å². The molecule has 3 aromatic rings. The lowest BCUT2D eigenvalue weighted by Gasteiger charge is -2.50. The number of ketones is 2. The van der Waals surface area contributed by atoms with Gasteiger partial charge < -0.3 is 31.9 Å². The molecule has 8 N–H and O–H groups in total. The number of carbonyl (C=O) groups excluding carboxylic acids is 3. The van der Waals surface area contributed by atoms with Crippen molar-refractivity contribution in [2.45, 2.75) is 24.0 Å². The summed E-state index contributed by atoms with van der Waals surface area (Å²) in [5.74, 6) is -9.50. The van der Waals surface area contributed by atoms with Crippen molar-refractivity contribution in [2.24, 2.45) is 23.3 Å². The van der Waals surface area contributed by atoms with Crippen LogP contribution in [0.4, 0.5) is 4.39 Å². The molecule has 3 aliphatic rings. The highest BCUT2D eigenvalue weighted by molar-refractivity contribution is 6.24. The number of halogens is 1. The Morgan fingerprint density at radius 2 is 1.79 bits per heavy atom. The van der Waals surface area contributed by atoms with Crippen LogP contribution in [0.3, 0.4) is 0 Å². The van der Waals surface area contributed by atoms with Crippen molar-refractivity contribution in [1.29, 1.82) is 0 Å². The van der Waals surface area contributed by atoms with E-state index in [2.05, 4.69) is 4.98 Å². The van der Waals surface area contributed by atoms with Gasteiger partial charge in [-0.3, -0.25) is 19.4 Å². The van der Waals surface area contributed by atoms with Gasteiger partial charge in [0.05, 0.1) is 11.6 Å². The lowest BCUT2D eigenvalue weighted by Crippen LogP contribution is -2.65. The zero-order valence-corrected chi connectivity index (χ0v) is 20.1. The third-order valence-corrected chi connectivity index (χ3v) is 8.19. The van der Waals surface area contributed by atoms with Crippen molar-refractivity contribution in [3.8, 4) is 5.75 Å². The Morgan fingerprint density at radius 1 is 1.10 bits per heavy atom. The van der Waals surface area contributed by atoms with Crippen LogP contribution in [0.2, 0.25) is 0 Å². The normalized spacial score (nSPS) is 28.3. The summed E-state index contributed by atoms with van der Waals surface area (Å²) in [5, 5.41) is 45.7. The SMILES string of the molecule is NC(=O)C1=C(O)[C@@]2(O)C(=O)C3=C(O)c4c(cc5cccnc5c4O)[C@H](c4ccc(F)cc4)[C@H]3C[C@H]2[C@H](N)C1=O. The first kappa shape index (κ1) is 24.7. The molecule has 3 aliphatic carbocycles. The highest BCUT2D eigenvalue weighted by Gasteiger charge is 2.64. The summed E-state index contributed by atoms with van der Waals surface area (Å²) in [6, 6.07) is 8.91. The number of Topliss-reactive ketones (excluding diaryl/α,β-unsaturated/α-hetero) is 2. The Bertz CT molecular complexity index is 1700. The van der Waals surface area contributed by atoms with Gasteiger partial charge in [0.25, 0.3) is 5.91 Å². The molecular weight excluding hydrogens is 509 g/mol.